The molecule has 0 fully saturated rings. The highest BCUT2D eigenvalue weighted by Crippen LogP contribution is 2.22. The van der Waals surface area contributed by atoms with Gasteiger partial charge in [0.2, 0.25) is 0 Å². The number of carbonyl (C=O) groups is 2. The number of anilines is 1. The van der Waals surface area contributed by atoms with Crippen LogP contribution in [0.1, 0.15) is 5.56 Å². The summed E-state index contributed by atoms with van der Waals surface area (Å²) in [6.45, 7) is 3.92. The number of para-hydroxylation sites is 1. The van der Waals surface area contributed by atoms with E-state index in [0.29, 0.717) is 28.6 Å². The highest BCUT2D eigenvalue weighted by Gasteiger charge is 2.14. The van der Waals surface area contributed by atoms with E-state index in [9.17, 15) is 9.59 Å². The number of ether oxygens (including phenoxy) is 1. The van der Waals surface area contributed by atoms with E-state index in [1.807, 2.05) is 6.07 Å². The number of nitrogens with one attached hydrogen (secondary N) is 2. The third-order valence-electron chi connectivity index (χ3n) is 3.03. The molecule has 26 heavy (non-hydrogen) atoms. The van der Waals surface area contributed by atoms with Crippen molar-refractivity contribution in [2.24, 2.45) is 5.10 Å². The monoisotopic (exact) mass is 435 g/mol. The van der Waals surface area contributed by atoms with Gasteiger partial charge < -0.3 is 10.1 Å². The van der Waals surface area contributed by atoms with Crippen molar-refractivity contribution >= 4 is 51.2 Å². The summed E-state index contributed by atoms with van der Waals surface area (Å²) >= 11 is 9.28. The Labute approximate surface area is 164 Å². The molecule has 0 aromatic heterocycles. The summed E-state index contributed by atoms with van der Waals surface area (Å²) in [5.41, 5.74) is 3.11. The molecule has 8 heteroatoms. The zero-order valence-electron chi connectivity index (χ0n) is 13.5. The molecular formula is C18H15BrClN3O3. The number of hydrazone groups is 1. The van der Waals surface area contributed by atoms with Crippen LogP contribution in [0.15, 0.2) is 64.7 Å². The minimum Gasteiger partial charge on any atom is -0.489 e. The number of halogens is 2. The smallest absolute Gasteiger partial charge is 0.329 e. The van der Waals surface area contributed by atoms with Crippen molar-refractivity contribution in [1.82, 2.24) is 5.43 Å². The molecule has 2 aromatic rings. The van der Waals surface area contributed by atoms with Crippen molar-refractivity contribution in [1.29, 1.82) is 0 Å². The van der Waals surface area contributed by atoms with Crippen molar-refractivity contribution in [3.63, 3.8) is 0 Å². The number of rotatable bonds is 6. The first-order valence-electron chi connectivity index (χ1n) is 7.43. The number of hydrogen-bond acceptors (Lipinski definition) is 4. The maximum absolute atomic E-state index is 11.9. The molecule has 2 N–H and O–H groups in total. The predicted octanol–water partition coefficient (Wildman–Crippen LogP) is 3.76. The van der Waals surface area contributed by atoms with E-state index in [4.69, 9.17) is 16.3 Å². The second-order valence-electron chi connectivity index (χ2n) is 4.91. The van der Waals surface area contributed by atoms with E-state index < -0.39 is 11.8 Å². The van der Waals surface area contributed by atoms with E-state index in [1.54, 1.807) is 42.5 Å². The van der Waals surface area contributed by atoms with Gasteiger partial charge in [-0.1, -0.05) is 52.3 Å². The topological polar surface area (TPSA) is 79.8 Å². The molecular weight excluding hydrogens is 422 g/mol. The molecule has 2 rings (SSSR count). The lowest BCUT2D eigenvalue weighted by Gasteiger charge is -2.07. The first kappa shape index (κ1) is 19.7. The molecule has 6 nitrogen and oxygen atoms in total. The van der Waals surface area contributed by atoms with Crippen molar-refractivity contribution in [3.05, 3.63) is 70.2 Å². The van der Waals surface area contributed by atoms with Crippen LogP contribution < -0.4 is 15.5 Å². The third-order valence-corrected chi connectivity index (χ3v) is 3.85. The van der Waals surface area contributed by atoms with Crippen LogP contribution in [0.2, 0.25) is 5.02 Å². The number of hydrogen-bond donors (Lipinski definition) is 2. The largest absolute Gasteiger partial charge is 0.489 e. The lowest BCUT2D eigenvalue weighted by Crippen LogP contribution is -2.32. The summed E-state index contributed by atoms with van der Waals surface area (Å²) in [7, 11) is 0. The van der Waals surface area contributed by atoms with Gasteiger partial charge >= 0.3 is 11.8 Å². The van der Waals surface area contributed by atoms with Crippen molar-refractivity contribution in [2.75, 3.05) is 11.9 Å². The number of carbonyl (C=O) groups excluding carboxylic acids is 2. The van der Waals surface area contributed by atoms with Crippen molar-refractivity contribution < 1.29 is 14.3 Å². The Hall–Kier alpha value is -2.64. The maximum Gasteiger partial charge on any atom is 0.329 e. The summed E-state index contributed by atoms with van der Waals surface area (Å²) in [6, 6.07) is 11.9. The quantitative estimate of drug-likeness (QED) is 0.313. The molecule has 0 atom stereocenters. The Morgan fingerprint density at radius 1 is 1.23 bits per heavy atom. The molecule has 0 unspecified atom stereocenters. The minimum absolute atomic E-state index is 0.328. The van der Waals surface area contributed by atoms with Crippen molar-refractivity contribution in [2.45, 2.75) is 0 Å². The fourth-order valence-corrected chi connectivity index (χ4v) is 2.42. The van der Waals surface area contributed by atoms with E-state index >= 15 is 0 Å². The zero-order chi connectivity index (χ0) is 18.9. The Morgan fingerprint density at radius 2 is 2.00 bits per heavy atom. The van der Waals surface area contributed by atoms with Crippen LogP contribution >= 0.6 is 27.5 Å². The first-order valence-corrected chi connectivity index (χ1v) is 8.60. The molecule has 0 heterocycles. The molecule has 0 radical (unpaired) electrons. The van der Waals surface area contributed by atoms with E-state index in [1.165, 1.54) is 6.21 Å². The fourth-order valence-electron chi connectivity index (χ4n) is 1.85. The molecule has 0 aliphatic carbocycles. The Balaban J connectivity index is 2.00. The van der Waals surface area contributed by atoms with Gasteiger partial charge in [-0.3, -0.25) is 9.59 Å². The van der Waals surface area contributed by atoms with Gasteiger partial charge in [0.25, 0.3) is 0 Å². The Morgan fingerprint density at radius 3 is 2.73 bits per heavy atom. The molecule has 0 spiro atoms. The minimum atomic E-state index is -0.926. The fraction of sp³-hybridized carbons (Fsp3) is 0.0556. The zero-order valence-corrected chi connectivity index (χ0v) is 15.9. The molecule has 0 saturated carbocycles. The van der Waals surface area contributed by atoms with E-state index in [2.05, 4.69) is 38.4 Å². The van der Waals surface area contributed by atoms with Crippen LogP contribution in [0.25, 0.3) is 0 Å². The number of benzene rings is 2. The van der Waals surface area contributed by atoms with Gasteiger partial charge in [-0.05, 0) is 30.3 Å². The van der Waals surface area contributed by atoms with Gasteiger partial charge in [-0.2, -0.15) is 5.10 Å². The van der Waals surface area contributed by atoms with Crippen LogP contribution in [0, 0.1) is 0 Å². The van der Waals surface area contributed by atoms with Gasteiger partial charge in [0.05, 0.1) is 16.9 Å². The average Bonchev–Trinajstić information content (AvgIpc) is 2.62. The molecule has 134 valence electrons. The van der Waals surface area contributed by atoms with Gasteiger partial charge in [0.1, 0.15) is 12.4 Å². The second-order valence-corrected chi connectivity index (χ2v) is 6.24. The van der Waals surface area contributed by atoms with Crippen molar-refractivity contribution in [3.8, 4) is 5.75 Å². The summed E-state index contributed by atoms with van der Waals surface area (Å²) < 4.78 is 6.31. The molecule has 2 amide bonds. The molecule has 0 saturated heterocycles. The van der Waals surface area contributed by atoms with E-state index in [0.717, 1.165) is 4.47 Å². The SMILES string of the molecule is C=CCOc1ccc(Br)cc1C=NNC(=O)C(=O)Nc1ccccc1Cl. The van der Waals surface area contributed by atoms with Crippen LogP contribution in [-0.2, 0) is 9.59 Å². The lowest BCUT2D eigenvalue weighted by molar-refractivity contribution is -0.136. The molecule has 0 bridgehead atoms. The number of amides is 2. The summed E-state index contributed by atoms with van der Waals surface area (Å²) in [5, 5.41) is 6.53. The van der Waals surface area contributed by atoms with E-state index in [-0.39, 0.29) is 0 Å². The lowest BCUT2D eigenvalue weighted by atomic mass is 10.2. The third kappa shape index (κ3) is 5.72. The number of nitrogens with zero attached hydrogens (tertiary/aromatic N) is 1. The first-order chi connectivity index (χ1) is 12.5. The standard InChI is InChI=1S/C18H15BrClN3O3/c1-2-9-26-16-8-7-13(19)10-12(16)11-21-23-18(25)17(24)22-15-6-4-3-5-14(15)20/h2-8,10-11H,1,9H2,(H,22,24)(H,23,25). The van der Waals surface area contributed by atoms with Gasteiger partial charge in [0, 0.05) is 10.0 Å². The van der Waals surface area contributed by atoms with Crippen LogP contribution in [0.3, 0.4) is 0 Å². The molecule has 0 aliphatic heterocycles. The maximum atomic E-state index is 11.9. The summed E-state index contributed by atoms with van der Waals surface area (Å²) in [6.07, 6.45) is 2.99. The highest BCUT2D eigenvalue weighted by atomic mass is 79.9. The Bertz CT molecular complexity index is 855. The molecule has 0 aliphatic rings. The van der Waals surface area contributed by atoms with Crippen LogP contribution in [0.4, 0.5) is 5.69 Å². The summed E-state index contributed by atoms with van der Waals surface area (Å²) in [4.78, 5) is 23.7. The van der Waals surface area contributed by atoms with Gasteiger partial charge in [0.15, 0.2) is 0 Å². The normalized spacial score (nSPS) is 10.4. The molecule has 2 aromatic carbocycles. The average molecular weight is 437 g/mol. The van der Waals surface area contributed by atoms with Gasteiger partial charge in [-0.25, -0.2) is 5.43 Å². The summed E-state index contributed by atoms with van der Waals surface area (Å²) in [5.74, 6) is -1.25. The highest BCUT2D eigenvalue weighted by molar-refractivity contribution is 9.10. The van der Waals surface area contributed by atoms with Gasteiger partial charge in [-0.15, -0.1) is 0 Å². The predicted molar refractivity (Wildman–Crippen MR) is 106 cm³/mol. The van der Waals surface area contributed by atoms with Crippen LogP contribution in [-0.4, -0.2) is 24.6 Å². The van der Waals surface area contributed by atoms with Crippen LogP contribution in [0.5, 0.6) is 5.75 Å². The Kier molecular flexibility index (Phi) is 7.37. The second kappa shape index (κ2) is 9.74.